The van der Waals surface area contributed by atoms with Crippen LogP contribution >= 0.6 is 12.6 Å². The van der Waals surface area contributed by atoms with Gasteiger partial charge in [-0.2, -0.15) is 29.7 Å². The van der Waals surface area contributed by atoms with E-state index in [0.717, 1.165) is 31.8 Å². The van der Waals surface area contributed by atoms with Gasteiger partial charge in [-0.3, -0.25) is 0 Å². The highest BCUT2D eigenvalue weighted by atomic mass is 32.2. The van der Waals surface area contributed by atoms with Crippen molar-refractivity contribution < 1.29 is 8.42 Å². The largest absolute Gasteiger partial charge is 0.301 e. The Hall–Kier alpha value is 0.180. The van der Waals surface area contributed by atoms with Gasteiger partial charge in [0, 0.05) is 40.3 Å². The van der Waals surface area contributed by atoms with E-state index in [1.807, 2.05) is 0 Å². The van der Waals surface area contributed by atoms with Crippen LogP contribution in [0.3, 0.4) is 0 Å². The van der Waals surface area contributed by atoms with Gasteiger partial charge in [0.15, 0.2) is 0 Å². The van der Waals surface area contributed by atoms with E-state index < -0.39 is 10.2 Å². The average Bonchev–Trinajstić information content (AvgIpc) is 2.26. The Bertz CT molecular complexity index is 298. The lowest BCUT2D eigenvalue weighted by atomic mass is 10.3. The summed E-state index contributed by atoms with van der Waals surface area (Å²) in [7, 11) is -0.0749. The minimum Gasteiger partial charge on any atom is -0.301 e. The summed E-state index contributed by atoms with van der Waals surface area (Å²) in [4.78, 5) is 2.29. The lowest BCUT2D eigenvalue weighted by molar-refractivity contribution is 0.184. The number of piperazine rings is 1. The smallest absolute Gasteiger partial charge is 0.281 e. The van der Waals surface area contributed by atoms with E-state index in [4.69, 9.17) is 0 Å². The average molecular weight is 267 g/mol. The fourth-order valence-electron chi connectivity index (χ4n) is 1.71. The molecule has 1 aliphatic heterocycles. The fraction of sp³-hybridized carbons (Fsp3) is 1.00. The Morgan fingerprint density at radius 2 is 1.75 bits per heavy atom. The molecule has 1 fully saturated rings. The van der Waals surface area contributed by atoms with Gasteiger partial charge >= 0.3 is 0 Å². The zero-order valence-electron chi connectivity index (χ0n) is 9.96. The third-order valence-electron chi connectivity index (χ3n) is 2.75. The molecule has 0 aliphatic carbocycles. The van der Waals surface area contributed by atoms with Crippen molar-refractivity contribution >= 4 is 22.8 Å². The number of hydrogen-bond acceptors (Lipinski definition) is 4. The second-order valence-electron chi connectivity index (χ2n) is 4.11. The van der Waals surface area contributed by atoms with Crippen LogP contribution in [0.25, 0.3) is 0 Å². The van der Waals surface area contributed by atoms with Gasteiger partial charge in [-0.05, 0) is 18.7 Å². The molecule has 0 atom stereocenters. The molecule has 1 heterocycles. The molecule has 7 heteroatoms. The van der Waals surface area contributed by atoms with Crippen molar-refractivity contribution in [1.29, 1.82) is 0 Å². The van der Waals surface area contributed by atoms with E-state index in [2.05, 4.69) is 17.5 Å². The van der Waals surface area contributed by atoms with Crippen molar-refractivity contribution in [1.82, 2.24) is 13.5 Å². The minimum absolute atomic E-state index is 0.590. The van der Waals surface area contributed by atoms with Gasteiger partial charge in [0.1, 0.15) is 0 Å². The molecule has 16 heavy (non-hydrogen) atoms. The van der Waals surface area contributed by atoms with E-state index >= 15 is 0 Å². The molecule has 96 valence electrons. The Balaban J connectivity index is 2.43. The molecule has 0 bridgehead atoms. The van der Waals surface area contributed by atoms with Crippen LogP contribution in [0.2, 0.25) is 0 Å². The molecule has 0 amide bonds. The van der Waals surface area contributed by atoms with Gasteiger partial charge in [-0.25, -0.2) is 0 Å². The maximum atomic E-state index is 11.8. The van der Waals surface area contributed by atoms with Crippen LogP contribution in [-0.2, 0) is 10.2 Å². The first kappa shape index (κ1) is 14.2. The van der Waals surface area contributed by atoms with Gasteiger partial charge in [-0.15, -0.1) is 0 Å². The molecular formula is C9H21N3O2S2. The molecule has 0 N–H and O–H groups in total. The molecular weight excluding hydrogens is 246 g/mol. The molecule has 5 nitrogen and oxygen atoms in total. The predicted molar refractivity (Wildman–Crippen MR) is 69.1 cm³/mol. The monoisotopic (exact) mass is 267 g/mol. The summed E-state index contributed by atoms with van der Waals surface area (Å²) in [6.45, 7) is 3.83. The topological polar surface area (TPSA) is 43.9 Å². The van der Waals surface area contributed by atoms with Crippen LogP contribution in [0.5, 0.6) is 0 Å². The van der Waals surface area contributed by atoms with Crippen LogP contribution in [-0.4, -0.2) is 74.5 Å². The van der Waals surface area contributed by atoms with E-state index in [1.165, 1.54) is 4.31 Å². The molecule has 0 aromatic rings. The van der Waals surface area contributed by atoms with Crippen molar-refractivity contribution in [2.75, 3.05) is 52.6 Å². The third kappa shape index (κ3) is 3.59. The quantitative estimate of drug-likeness (QED) is 0.698. The maximum absolute atomic E-state index is 11.8. The lowest BCUT2D eigenvalue weighted by Crippen LogP contribution is -2.51. The zero-order valence-corrected chi connectivity index (χ0v) is 11.7. The highest BCUT2D eigenvalue weighted by molar-refractivity contribution is 7.86. The summed E-state index contributed by atoms with van der Waals surface area (Å²) in [6, 6.07) is 0. The van der Waals surface area contributed by atoms with E-state index in [0.29, 0.717) is 13.1 Å². The number of thiol groups is 1. The normalized spacial score (nSPS) is 20.5. The number of rotatable bonds is 5. The van der Waals surface area contributed by atoms with Gasteiger partial charge < -0.3 is 4.90 Å². The molecule has 0 saturated carbocycles. The number of nitrogens with zero attached hydrogens (tertiary/aromatic N) is 3. The lowest BCUT2D eigenvalue weighted by Gasteiger charge is -2.35. The van der Waals surface area contributed by atoms with Crippen molar-refractivity contribution in [2.45, 2.75) is 6.42 Å². The van der Waals surface area contributed by atoms with Crippen LogP contribution in [0.4, 0.5) is 0 Å². The zero-order chi connectivity index (χ0) is 12.2. The van der Waals surface area contributed by atoms with Crippen molar-refractivity contribution in [3.63, 3.8) is 0 Å². The first-order valence-corrected chi connectivity index (χ1v) is 7.52. The SMILES string of the molecule is CN(C)S(=O)(=O)N1CCN(CCCS)CC1. The molecule has 0 aromatic carbocycles. The van der Waals surface area contributed by atoms with E-state index in [1.54, 1.807) is 18.4 Å². The van der Waals surface area contributed by atoms with Crippen LogP contribution in [0, 0.1) is 0 Å². The summed E-state index contributed by atoms with van der Waals surface area (Å²) >= 11 is 4.17. The summed E-state index contributed by atoms with van der Waals surface area (Å²) < 4.78 is 26.5. The standard InChI is InChI=1S/C9H21N3O2S2/c1-10(2)16(13,14)12-7-5-11(6-8-12)4-3-9-15/h15H,3-9H2,1-2H3. The Morgan fingerprint density at radius 3 is 2.19 bits per heavy atom. The molecule has 0 unspecified atom stereocenters. The molecule has 1 aliphatic rings. The number of hydrogen-bond donors (Lipinski definition) is 1. The summed E-state index contributed by atoms with van der Waals surface area (Å²) in [5, 5.41) is 0. The fourth-order valence-corrected chi connectivity index (χ4v) is 2.94. The second-order valence-corrected chi connectivity index (χ2v) is 6.70. The van der Waals surface area contributed by atoms with Crippen LogP contribution in [0.15, 0.2) is 0 Å². The first-order valence-electron chi connectivity index (χ1n) is 5.49. The van der Waals surface area contributed by atoms with Gasteiger partial charge in [0.2, 0.25) is 0 Å². The van der Waals surface area contributed by atoms with Crippen molar-refractivity contribution in [2.24, 2.45) is 0 Å². The minimum atomic E-state index is -3.22. The van der Waals surface area contributed by atoms with E-state index in [9.17, 15) is 8.42 Å². The Morgan fingerprint density at radius 1 is 1.19 bits per heavy atom. The van der Waals surface area contributed by atoms with Crippen LogP contribution < -0.4 is 0 Å². The van der Waals surface area contributed by atoms with Crippen molar-refractivity contribution in [3.8, 4) is 0 Å². The predicted octanol–water partition coefficient (Wildman–Crippen LogP) is -0.270. The summed E-state index contributed by atoms with van der Waals surface area (Å²) in [6.07, 6.45) is 1.06. The molecule has 0 aromatic heterocycles. The third-order valence-corrected chi connectivity index (χ3v) is 5.01. The Labute approximate surface area is 104 Å². The maximum Gasteiger partial charge on any atom is 0.281 e. The molecule has 0 spiro atoms. The Kier molecular flexibility index (Phi) is 5.52. The van der Waals surface area contributed by atoms with Gasteiger partial charge in [0.05, 0.1) is 0 Å². The van der Waals surface area contributed by atoms with Crippen molar-refractivity contribution in [3.05, 3.63) is 0 Å². The van der Waals surface area contributed by atoms with Crippen LogP contribution in [0.1, 0.15) is 6.42 Å². The summed E-state index contributed by atoms with van der Waals surface area (Å²) in [5.41, 5.74) is 0. The molecule has 0 radical (unpaired) electrons. The second kappa shape index (κ2) is 6.20. The summed E-state index contributed by atoms with van der Waals surface area (Å²) in [5.74, 6) is 0.885. The molecule has 1 saturated heterocycles. The van der Waals surface area contributed by atoms with E-state index in [-0.39, 0.29) is 0 Å². The van der Waals surface area contributed by atoms with Gasteiger partial charge in [-0.1, -0.05) is 0 Å². The highest BCUT2D eigenvalue weighted by Gasteiger charge is 2.27. The molecule has 1 rings (SSSR count). The van der Waals surface area contributed by atoms with Gasteiger partial charge in [0.25, 0.3) is 10.2 Å². The first-order chi connectivity index (χ1) is 7.48. The highest BCUT2D eigenvalue weighted by Crippen LogP contribution is 2.09.